The number of hydrogen-bond acceptors (Lipinski definition) is 5. The minimum absolute atomic E-state index is 0.0700. The third-order valence-electron chi connectivity index (χ3n) is 6.73. The average Bonchev–Trinajstić information content (AvgIpc) is 2.86. The van der Waals surface area contributed by atoms with Crippen molar-refractivity contribution < 1.29 is 19.7 Å². The van der Waals surface area contributed by atoms with E-state index >= 15 is 0 Å². The van der Waals surface area contributed by atoms with E-state index in [4.69, 9.17) is 4.74 Å². The Morgan fingerprint density at radius 2 is 1.67 bits per heavy atom. The minimum atomic E-state index is -0.898. The molecule has 0 aliphatic carbocycles. The molecule has 1 amide bonds. The predicted octanol–water partition coefficient (Wildman–Crippen LogP) is 4.54. The van der Waals surface area contributed by atoms with Gasteiger partial charge in [0, 0.05) is 31.3 Å². The maximum Gasteiger partial charge on any atom is 0.410 e. The molecule has 1 saturated heterocycles. The number of nitrogens with zero attached hydrogens (tertiary/aromatic N) is 2. The van der Waals surface area contributed by atoms with Gasteiger partial charge in [0.05, 0.1) is 18.2 Å². The number of aliphatic hydroxyl groups is 2. The Balaban J connectivity index is 1.55. The molecule has 2 N–H and O–H groups in total. The predicted molar refractivity (Wildman–Crippen MR) is 138 cm³/mol. The van der Waals surface area contributed by atoms with Crippen molar-refractivity contribution in [3.05, 3.63) is 94.4 Å². The fourth-order valence-corrected chi connectivity index (χ4v) is 4.93. The number of pyridine rings is 1. The summed E-state index contributed by atoms with van der Waals surface area (Å²) in [5.41, 5.74) is 2.64. The van der Waals surface area contributed by atoms with Gasteiger partial charge in [0.1, 0.15) is 6.10 Å². The lowest BCUT2D eigenvalue weighted by atomic mass is 9.84. The molecule has 0 saturated carbocycles. The second-order valence-electron chi connectivity index (χ2n) is 10.1. The van der Waals surface area contributed by atoms with Crippen molar-refractivity contribution >= 4 is 6.09 Å². The number of amides is 1. The van der Waals surface area contributed by atoms with Crippen LogP contribution in [-0.4, -0.2) is 44.5 Å². The first kappa shape index (κ1) is 25.7. The Morgan fingerprint density at radius 3 is 2.31 bits per heavy atom. The maximum atomic E-state index is 13.1. The molecule has 1 aliphatic rings. The molecule has 7 heteroatoms. The largest absolute Gasteiger partial charge is 0.441 e. The van der Waals surface area contributed by atoms with Gasteiger partial charge in [-0.05, 0) is 55.5 Å². The van der Waals surface area contributed by atoms with E-state index < -0.39 is 11.7 Å². The molecule has 3 atom stereocenters. The van der Waals surface area contributed by atoms with Crippen LogP contribution in [0.3, 0.4) is 0 Å². The van der Waals surface area contributed by atoms with Gasteiger partial charge in [-0.3, -0.25) is 4.79 Å². The van der Waals surface area contributed by atoms with Crippen LogP contribution in [0, 0.1) is 5.92 Å². The molecule has 0 radical (unpaired) electrons. The Labute approximate surface area is 211 Å². The fraction of sp³-hybridized carbons (Fsp3) is 0.379. The molecule has 3 aromatic rings. The molecule has 4 rings (SSSR count). The van der Waals surface area contributed by atoms with Gasteiger partial charge in [-0.25, -0.2) is 4.79 Å². The lowest BCUT2D eigenvalue weighted by Crippen LogP contribution is -2.47. The molecule has 2 heterocycles. The first-order valence-electron chi connectivity index (χ1n) is 12.3. The van der Waals surface area contributed by atoms with E-state index in [9.17, 15) is 19.8 Å². The van der Waals surface area contributed by atoms with Crippen molar-refractivity contribution in [2.75, 3.05) is 13.2 Å². The van der Waals surface area contributed by atoms with Crippen molar-refractivity contribution in [3.8, 4) is 11.1 Å². The van der Waals surface area contributed by atoms with E-state index in [0.717, 1.165) is 22.3 Å². The van der Waals surface area contributed by atoms with Gasteiger partial charge in [-0.15, -0.1) is 0 Å². The highest BCUT2D eigenvalue weighted by atomic mass is 16.6. The van der Waals surface area contributed by atoms with Gasteiger partial charge < -0.3 is 24.4 Å². The van der Waals surface area contributed by atoms with E-state index in [0.29, 0.717) is 13.0 Å². The van der Waals surface area contributed by atoms with Crippen LogP contribution in [0.5, 0.6) is 0 Å². The monoisotopic (exact) mass is 490 g/mol. The van der Waals surface area contributed by atoms with Gasteiger partial charge in [-0.1, -0.05) is 54.6 Å². The summed E-state index contributed by atoms with van der Waals surface area (Å²) in [6.45, 7) is 6.14. The molecule has 190 valence electrons. The van der Waals surface area contributed by atoms with Crippen molar-refractivity contribution in [2.45, 2.75) is 51.5 Å². The van der Waals surface area contributed by atoms with Gasteiger partial charge in [0.2, 0.25) is 0 Å². The zero-order chi connectivity index (χ0) is 25.9. The van der Waals surface area contributed by atoms with E-state index in [1.54, 1.807) is 31.0 Å². The van der Waals surface area contributed by atoms with Crippen LogP contribution in [0.2, 0.25) is 0 Å². The van der Waals surface area contributed by atoms with Crippen LogP contribution >= 0.6 is 0 Å². The Bertz CT molecular complexity index is 1230. The van der Waals surface area contributed by atoms with Crippen LogP contribution in [0.25, 0.3) is 11.1 Å². The molecule has 0 bridgehead atoms. The maximum absolute atomic E-state index is 13.1. The van der Waals surface area contributed by atoms with Crippen LogP contribution in [0.15, 0.2) is 77.7 Å². The zero-order valence-corrected chi connectivity index (χ0v) is 21.0. The Morgan fingerprint density at radius 1 is 1.00 bits per heavy atom. The Kier molecular flexibility index (Phi) is 7.62. The molecule has 1 fully saturated rings. The third kappa shape index (κ3) is 5.86. The van der Waals surface area contributed by atoms with Crippen LogP contribution in [0.4, 0.5) is 4.79 Å². The van der Waals surface area contributed by atoms with Gasteiger partial charge in [-0.2, -0.15) is 0 Å². The highest BCUT2D eigenvalue weighted by molar-refractivity contribution is 5.70. The molecule has 36 heavy (non-hydrogen) atoms. The van der Waals surface area contributed by atoms with Crippen molar-refractivity contribution in [1.82, 2.24) is 9.47 Å². The van der Waals surface area contributed by atoms with Crippen molar-refractivity contribution in [1.29, 1.82) is 0 Å². The fourth-order valence-electron chi connectivity index (χ4n) is 4.93. The quantitative estimate of drug-likeness (QED) is 0.484. The van der Waals surface area contributed by atoms with Gasteiger partial charge in [0.25, 0.3) is 5.56 Å². The number of ether oxygens (including phenoxy) is 1. The second-order valence-corrected chi connectivity index (χ2v) is 10.1. The van der Waals surface area contributed by atoms with Crippen molar-refractivity contribution in [2.24, 2.45) is 5.92 Å². The van der Waals surface area contributed by atoms with Crippen LogP contribution < -0.4 is 5.56 Å². The molecule has 7 nitrogen and oxygen atoms in total. The van der Waals surface area contributed by atoms with Gasteiger partial charge >= 0.3 is 6.09 Å². The number of cyclic esters (lactones) is 1. The van der Waals surface area contributed by atoms with Crippen molar-refractivity contribution in [3.63, 3.8) is 0 Å². The van der Waals surface area contributed by atoms with E-state index in [-0.39, 0.29) is 36.8 Å². The summed E-state index contributed by atoms with van der Waals surface area (Å²) >= 11 is 0. The standard InChI is InChI=1S/C29H34N2O5/c1-20(21-9-11-22(12-10-21)24-13-14-26(33)30(18-24)15-16-32)31-19-25(17-29(2,3)35)27(36-28(31)34)23-7-5-4-6-8-23/h4-14,18,20,25,27,32,35H,15-17,19H2,1-3H3/t20-,25+,27-/m0/s1. The average molecular weight is 491 g/mol. The van der Waals surface area contributed by atoms with E-state index in [1.165, 1.54) is 10.6 Å². The topological polar surface area (TPSA) is 92.0 Å². The lowest BCUT2D eigenvalue weighted by molar-refractivity contribution is -0.0532. The molecule has 2 aromatic carbocycles. The first-order valence-corrected chi connectivity index (χ1v) is 12.3. The SMILES string of the molecule is C[C@@H](c1ccc(-c2ccc(=O)n(CCO)c2)cc1)N1C[C@@H](CC(C)(C)O)[C@H](c2ccccc2)OC1=O. The zero-order valence-electron chi connectivity index (χ0n) is 21.0. The summed E-state index contributed by atoms with van der Waals surface area (Å²) in [5.74, 6) is -0.0700. The number of rotatable bonds is 8. The lowest BCUT2D eigenvalue weighted by Gasteiger charge is -2.42. The van der Waals surface area contributed by atoms with Crippen LogP contribution in [0.1, 0.15) is 50.5 Å². The van der Waals surface area contributed by atoms with E-state index in [1.807, 2.05) is 61.5 Å². The van der Waals surface area contributed by atoms with Crippen LogP contribution in [-0.2, 0) is 11.3 Å². The Hall–Kier alpha value is -3.42. The summed E-state index contributed by atoms with van der Waals surface area (Å²) in [7, 11) is 0. The minimum Gasteiger partial charge on any atom is -0.441 e. The summed E-state index contributed by atoms with van der Waals surface area (Å²) in [5, 5.41) is 19.8. The number of aliphatic hydroxyl groups excluding tert-OH is 1. The number of benzene rings is 2. The third-order valence-corrected chi connectivity index (χ3v) is 6.73. The summed E-state index contributed by atoms with van der Waals surface area (Å²) in [6.07, 6.45) is 1.45. The number of hydrogen-bond donors (Lipinski definition) is 2. The molecule has 1 aliphatic heterocycles. The molecule has 0 unspecified atom stereocenters. The first-order chi connectivity index (χ1) is 17.2. The molecular formula is C29H34N2O5. The smallest absolute Gasteiger partial charge is 0.410 e. The second kappa shape index (κ2) is 10.7. The van der Waals surface area contributed by atoms with Gasteiger partial charge in [0.15, 0.2) is 0 Å². The molecular weight excluding hydrogens is 456 g/mol. The summed E-state index contributed by atoms with van der Waals surface area (Å²) < 4.78 is 7.44. The number of aromatic nitrogens is 1. The number of carbonyl (C=O) groups is 1. The normalized spacial score (nSPS) is 19.1. The highest BCUT2D eigenvalue weighted by Gasteiger charge is 2.40. The highest BCUT2D eigenvalue weighted by Crippen LogP contribution is 2.39. The summed E-state index contributed by atoms with van der Waals surface area (Å²) in [4.78, 5) is 26.8. The summed E-state index contributed by atoms with van der Waals surface area (Å²) in [6, 6.07) is 20.6. The van der Waals surface area contributed by atoms with E-state index in [2.05, 4.69) is 0 Å². The molecule has 0 spiro atoms. The number of carbonyl (C=O) groups excluding carboxylic acids is 1. The molecule has 1 aromatic heterocycles.